The van der Waals surface area contributed by atoms with Crippen molar-refractivity contribution in [2.45, 2.75) is 131 Å². The fourth-order valence-electron chi connectivity index (χ4n) is 4.86. The standard InChI is InChI=1S/C32H49NO3P/c1-28(2,3)20-16-22(30(7,8)9)26-24(18-20)33-25-19-21(29(4,5)6)17-23(31(10,11)12)27(25)35-37(33,34-26)36-32(13,14)15/h16-19H,1-15H3/q+1. The largest absolute Gasteiger partial charge is 0.628 e. The summed E-state index contributed by atoms with van der Waals surface area (Å²) in [4.78, 5) is 0. The van der Waals surface area contributed by atoms with Gasteiger partial charge in [0.1, 0.15) is 17.0 Å². The molecule has 2 heterocycles. The van der Waals surface area contributed by atoms with E-state index in [1.165, 1.54) is 22.3 Å². The Morgan fingerprint density at radius 3 is 1.16 bits per heavy atom. The van der Waals surface area contributed by atoms with Gasteiger partial charge in [-0.05, 0) is 65.7 Å². The normalized spacial score (nSPS) is 17.2. The fourth-order valence-corrected chi connectivity index (χ4v) is 7.58. The highest BCUT2D eigenvalue weighted by molar-refractivity contribution is 7.65. The van der Waals surface area contributed by atoms with E-state index in [1.807, 2.05) is 0 Å². The molecule has 2 aromatic rings. The minimum absolute atomic E-state index is 0.0170. The third kappa shape index (κ3) is 5.01. The Morgan fingerprint density at radius 2 is 0.892 bits per heavy atom. The Bertz CT molecular complexity index is 1140. The van der Waals surface area contributed by atoms with Gasteiger partial charge in [0, 0.05) is 11.1 Å². The van der Waals surface area contributed by atoms with Crippen molar-refractivity contribution in [2.75, 3.05) is 4.67 Å². The second-order valence-corrected chi connectivity index (χ2v) is 17.8. The highest BCUT2D eigenvalue weighted by Crippen LogP contribution is 2.81. The molecule has 0 fully saturated rings. The minimum atomic E-state index is -3.00. The highest BCUT2D eigenvalue weighted by Gasteiger charge is 2.71. The average Bonchev–Trinajstić information content (AvgIpc) is 3.11. The summed E-state index contributed by atoms with van der Waals surface area (Å²) in [7, 11) is -3.00. The second kappa shape index (κ2) is 8.12. The molecule has 2 aliphatic heterocycles. The van der Waals surface area contributed by atoms with Crippen molar-refractivity contribution in [3.05, 3.63) is 46.5 Å². The van der Waals surface area contributed by atoms with Crippen LogP contribution in [0.25, 0.3) is 0 Å². The lowest BCUT2D eigenvalue weighted by Gasteiger charge is -2.27. The zero-order chi connectivity index (χ0) is 28.1. The van der Waals surface area contributed by atoms with E-state index in [1.54, 1.807) is 0 Å². The monoisotopic (exact) mass is 526 g/mol. The smallest absolute Gasteiger partial charge is 0.256 e. The summed E-state index contributed by atoms with van der Waals surface area (Å²) >= 11 is 0. The summed E-state index contributed by atoms with van der Waals surface area (Å²) in [6, 6.07) is 9.25. The summed E-state index contributed by atoms with van der Waals surface area (Å²) in [5.41, 5.74) is 6.35. The number of benzene rings is 2. The van der Waals surface area contributed by atoms with Crippen LogP contribution in [-0.4, -0.2) is 5.60 Å². The van der Waals surface area contributed by atoms with E-state index in [4.69, 9.17) is 13.6 Å². The summed E-state index contributed by atoms with van der Waals surface area (Å²) in [5.74, 6) is 1.78. The van der Waals surface area contributed by atoms with Crippen LogP contribution in [-0.2, 0) is 26.2 Å². The fraction of sp³-hybridized carbons (Fsp3) is 0.625. The van der Waals surface area contributed by atoms with E-state index in [9.17, 15) is 0 Å². The quantitative estimate of drug-likeness (QED) is 0.346. The van der Waals surface area contributed by atoms with E-state index in [0.717, 1.165) is 22.9 Å². The average molecular weight is 527 g/mol. The number of rotatable bonds is 1. The summed E-state index contributed by atoms with van der Waals surface area (Å²) in [6.07, 6.45) is 0. The maximum absolute atomic E-state index is 6.99. The Kier molecular flexibility index (Phi) is 6.20. The first-order valence-electron chi connectivity index (χ1n) is 13.6. The van der Waals surface area contributed by atoms with Gasteiger partial charge in [-0.2, -0.15) is 0 Å². The molecule has 5 heteroatoms. The third-order valence-corrected chi connectivity index (χ3v) is 9.52. The number of fused-ring (bicyclic) bond motifs is 5. The van der Waals surface area contributed by atoms with Gasteiger partial charge in [-0.25, -0.2) is 0 Å². The molecule has 0 N–H and O–H groups in total. The van der Waals surface area contributed by atoms with Crippen molar-refractivity contribution >= 4 is 19.5 Å². The molecule has 37 heavy (non-hydrogen) atoms. The van der Waals surface area contributed by atoms with E-state index in [0.29, 0.717) is 0 Å². The first-order valence-corrected chi connectivity index (χ1v) is 15.1. The lowest BCUT2D eigenvalue weighted by Crippen LogP contribution is -2.27. The SMILES string of the molecule is CC(C)(C)O[P+]12Oc3c(cc(C(C)(C)C)cc3C(C)(C)C)N1c1cc(C(C)(C)C)cc(C(C)(C)C)c1O2. The van der Waals surface area contributed by atoms with Gasteiger partial charge in [-0.15, -0.1) is 9.19 Å². The maximum Gasteiger partial charge on any atom is 0.628 e. The van der Waals surface area contributed by atoms with Gasteiger partial charge in [0.15, 0.2) is 0 Å². The van der Waals surface area contributed by atoms with Gasteiger partial charge in [-0.1, -0.05) is 95.2 Å². The molecule has 2 aliphatic rings. The Hall–Kier alpha value is -1.77. The molecule has 0 saturated heterocycles. The Labute approximate surface area is 226 Å². The van der Waals surface area contributed by atoms with Crippen molar-refractivity contribution in [2.24, 2.45) is 0 Å². The molecule has 0 atom stereocenters. The molecule has 4 rings (SSSR count). The van der Waals surface area contributed by atoms with Crippen LogP contribution in [0, 0.1) is 0 Å². The van der Waals surface area contributed by atoms with Gasteiger partial charge in [-0.3, -0.25) is 9.05 Å². The molecule has 0 aliphatic carbocycles. The number of nitrogens with zero attached hydrogens (tertiary/aromatic N) is 1. The lowest BCUT2D eigenvalue weighted by molar-refractivity contribution is 0.105. The van der Waals surface area contributed by atoms with Gasteiger partial charge < -0.3 is 0 Å². The molecular weight excluding hydrogens is 477 g/mol. The van der Waals surface area contributed by atoms with Gasteiger partial charge >= 0.3 is 8.09 Å². The van der Waals surface area contributed by atoms with E-state index < -0.39 is 13.7 Å². The molecule has 0 spiro atoms. The number of hydrogen-bond donors (Lipinski definition) is 0. The van der Waals surface area contributed by atoms with E-state index >= 15 is 0 Å². The molecule has 4 nitrogen and oxygen atoms in total. The number of hydrogen-bond acceptors (Lipinski definition) is 4. The van der Waals surface area contributed by atoms with Crippen LogP contribution in [0.3, 0.4) is 0 Å². The van der Waals surface area contributed by atoms with Crippen LogP contribution in [0.1, 0.15) is 126 Å². The topological polar surface area (TPSA) is 30.9 Å². The molecule has 0 amide bonds. The van der Waals surface area contributed by atoms with Crippen molar-refractivity contribution in [3.8, 4) is 11.5 Å². The maximum atomic E-state index is 6.99. The van der Waals surface area contributed by atoms with Crippen LogP contribution in [0.15, 0.2) is 24.3 Å². The molecule has 204 valence electrons. The first kappa shape index (κ1) is 28.2. The zero-order valence-electron chi connectivity index (χ0n) is 25.9. The molecular formula is C32H49NO3P+. The Morgan fingerprint density at radius 1 is 0.541 bits per heavy atom. The van der Waals surface area contributed by atoms with Crippen molar-refractivity contribution in [1.29, 1.82) is 0 Å². The highest BCUT2D eigenvalue weighted by atomic mass is 31.2. The predicted octanol–water partition coefficient (Wildman–Crippen LogP) is 10.3. The van der Waals surface area contributed by atoms with Crippen molar-refractivity contribution in [1.82, 2.24) is 0 Å². The number of anilines is 2. The van der Waals surface area contributed by atoms with Crippen LogP contribution in [0.2, 0.25) is 0 Å². The molecule has 2 aromatic carbocycles. The summed E-state index contributed by atoms with van der Waals surface area (Å²) in [5, 5.41) is 0. The summed E-state index contributed by atoms with van der Waals surface area (Å²) < 4.78 is 23.1. The van der Waals surface area contributed by atoms with Crippen molar-refractivity contribution in [3.63, 3.8) is 0 Å². The van der Waals surface area contributed by atoms with Crippen LogP contribution in [0.4, 0.5) is 11.4 Å². The summed E-state index contributed by atoms with van der Waals surface area (Å²) in [6.45, 7) is 33.4. The van der Waals surface area contributed by atoms with E-state index in [2.05, 4.69) is 133 Å². The van der Waals surface area contributed by atoms with Crippen molar-refractivity contribution < 1.29 is 13.6 Å². The molecule has 0 saturated carbocycles. The van der Waals surface area contributed by atoms with Crippen LogP contribution >= 0.6 is 8.09 Å². The zero-order valence-corrected chi connectivity index (χ0v) is 26.8. The van der Waals surface area contributed by atoms with Gasteiger partial charge in [0.25, 0.3) is 0 Å². The second-order valence-electron chi connectivity index (χ2n) is 15.9. The molecule has 0 unspecified atom stereocenters. The molecule has 0 aromatic heterocycles. The lowest BCUT2D eigenvalue weighted by atomic mass is 9.79. The molecule has 0 radical (unpaired) electrons. The van der Waals surface area contributed by atoms with Gasteiger partial charge in [0.2, 0.25) is 11.5 Å². The predicted molar refractivity (Wildman–Crippen MR) is 159 cm³/mol. The molecule has 0 bridgehead atoms. The Balaban J connectivity index is 2.11. The first-order chi connectivity index (χ1) is 16.4. The minimum Gasteiger partial charge on any atom is -0.256 e. The van der Waals surface area contributed by atoms with Crippen LogP contribution in [0.5, 0.6) is 11.5 Å². The van der Waals surface area contributed by atoms with E-state index in [-0.39, 0.29) is 21.7 Å². The third-order valence-electron chi connectivity index (χ3n) is 6.99. The van der Waals surface area contributed by atoms with Crippen LogP contribution < -0.4 is 13.7 Å². The van der Waals surface area contributed by atoms with Gasteiger partial charge in [0.05, 0.1) is 0 Å².